The highest BCUT2D eigenvalue weighted by Gasteiger charge is 2.20. The number of aromatic amines is 1. The van der Waals surface area contributed by atoms with Gasteiger partial charge in [0.05, 0.1) is 6.61 Å². The van der Waals surface area contributed by atoms with E-state index < -0.39 is 0 Å². The molecule has 2 heterocycles. The number of benzene rings is 1. The Morgan fingerprint density at radius 2 is 2.13 bits per heavy atom. The molecule has 124 valence electrons. The summed E-state index contributed by atoms with van der Waals surface area (Å²) in [5.41, 5.74) is 9.35. The number of fused-ring (bicyclic) bond motifs is 1. The number of carbonyl (C=O) groups excluding carboxylic acids is 1. The van der Waals surface area contributed by atoms with Crippen molar-refractivity contribution < 1.29 is 9.53 Å². The number of esters is 1. The molecule has 3 rings (SSSR count). The number of aromatic nitrogens is 1. The van der Waals surface area contributed by atoms with Gasteiger partial charge in [0, 0.05) is 41.8 Å². The number of nitrogens with zero attached hydrogens (tertiary/aromatic N) is 1. The quantitative estimate of drug-likeness (QED) is 0.851. The van der Waals surface area contributed by atoms with Crippen LogP contribution in [0.1, 0.15) is 42.7 Å². The Bertz CT molecular complexity index is 700. The summed E-state index contributed by atoms with van der Waals surface area (Å²) in [4.78, 5) is 17.7. The first-order valence-corrected chi connectivity index (χ1v) is 8.40. The lowest BCUT2D eigenvalue weighted by molar-refractivity contribution is 0.0519. The molecule has 3 N–H and O–H groups in total. The molecule has 0 amide bonds. The molecule has 0 spiro atoms. The predicted octanol–water partition coefficient (Wildman–Crippen LogP) is 3.04. The van der Waals surface area contributed by atoms with Gasteiger partial charge in [-0.15, -0.1) is 0 Å². The molecule has 0 unspecified atom stereocenters. The number of anilines is 1. The first-order valence-electron chi connectivity index (χ1n) is 8.40. The molecular formula is C18H25N3O2. The predicted molar refractivity (Wildman–Crippen MR) is 92.8 cm³/mol. The van der Waals surface area contributed by atoms with E-state index >= 15 is 0 Å². The fraction of sp³-hybridized carbons (Fsp3) is 0.500. The SMILES string of the molecule is CCOC(=O)c1[nH]c2ccc(N3CCC(C)CC3)cc2c1CN. The van der Waals surface area contributed by atoms with E-state index in [9.17, 15) is 4.79 Å². The van der Waals surface area contributed by atoms with Gasteiger partial charge in [0.1, 0.15) is 5.69 Å². The molecule has 1 aromatic carbocycles. The lowest BCUT2D eigenvalue weighted by Crippen LogP contribution is -2.32. The summed E-state index contributed by atoms with van der Waals surface area (Å²) in [6.07, 6.45) is 2.45. The first kappa shape index (κ1) is 15.9. The Kier molecular flexibility index (Phi) is 4.57. The summed E-state index contributed by atoms with van der Waals surface area (Å²) >= 11 is 0. The molecule has 1 aliphatic heterocycles. The van der Waals surface area contributed by atoms with Gasteiger partial charge in [0.25, 0.3) is 0 Å². The highest BCUT2D eigenvalue weighted by molar-refractivity contribution is 5.99. The third-order valence-electron chi connectivity index (χ3n) is 4.72. The highest BCUT2D eigenvalue weighted by atomic mass is 16.5. The minimum Gasteiger partial charge on any atom is -0.461 e. The van der Waals surface area contributed by atoms with Gasteiger partial charge in [-0.25, -0.2) is 4.79 Å². The second-order valence-electron chi connectivity index (χ2n) is 6.30. The largest absolute Gasteiger partial charge is 0.461 e. The molecule has 0 saturated carbocycles. The van der Waals surface area contributed by atoms with Crippen LogP contribution in [0.2, 0.25) is 0 Å². The summed E-state index contributed by atoms with van der Waals surface area (Å²) in [5.74, 6) is 0.467. The number of piperidine rings is 1. The van der Waals surface area contributed by atoms with Crippen LogP contribution in [-0.2, 0) is 11.3 Å². The maximum absolute atomic E-state index is 12.1. The van der Waals surface area contributed by atoms with Gasteiger partial charge in [-0.05, 0) is 43.9 Å². The molecule has 0 bridgehead atoms. The van der Waals surface area contributed by atoms with Gasteiger partial charge >= 0.3 is 5.97 Å². The Hall–Kier alpha value is -2.01. The van der Waals surface area contributed by atoms with Gasteiger partial charge in [-0.2, -0.15) is 0 Å². The molecule has 1 aromatic heterocycles. The lowest BCUT2D eigenvalue weighted by atomic mass is 9.98. The molecule has 0 aliphatic carbocycles. The minimum absolute atomic E-state index is 0.314. The molecule has 5 heteroatoms. The smallest absolute Gasteiger partial charge is 0.355 e. The van der Waals surface area contributed by atoms with Crippen LogP contribution in [0.15, 0.2) is 18.2 Å². The van der Waals surface area contributed by atoms with Crippen LogP contribution in [0.5, 0.6) is 0 Å². The topological polar surface area (TPSA) is 71.4 Å². The van der Waals surface area contributed by atoms with Crippen LogP contribution in [0, 0.1) is 5.92 Å². The van der Waals surface area contributed by atoms with Crippen LogP contribution in [0.25, 0.3) is 10.9 Å². The fourth-order valence-electron chi connectivity index (χ4n) is 3.29. The van der Waals surface area contributed by atoms with E-state index in [0.29, 0.717) is 18.8 Å². The molecule has 1 fully saturated rings. The summed E-state index contributed by atoms with van der Waals surface area (Å²) in [6.45, 7) is 6.95. The van der Waals surface area contributed by atoms with Crippen molar-refractivity contribution in [1.82, 2.24) is 4.98 Å². The van der Waals surface area contributed by atoms with E-state index in [1.807, 2.05) is 6.07 Å². The van der Waals surface area contributed by atoms with Gasteiger partial charge < -0.3 is 20.4 Å². The normalized spacial score (nSPS) is 16.0. The van der Waals surface area contributed by atoms with Crippen molar-refractivity contribution in [2.24, 2.45) is 11.7 Å². The van der Waals surface area contributed by atoms with Crippen molar-refractivity contribution >= 4 is 22.6 Å². The minimum atomic E-state index is -0.336. The van der Waals surface area contributed by atoms with E-state index in [1.165, 1.54) is 18.5 Å². The van der Waals surface area contributed by atoms with Crippen LogP contribution >= 0.6 is 0 Å². The van der Waals surface area contributed by atoms with Crippen molar-refractivity contribution in [2.45, 2.75) is 33.2 Å². The van der Waals surface area contributed by atoms with Crippen molar-refractivity contribution in [2.75, 3.05) is 24.6 Å². The van der Waals surface area contributed by atoms with E-state index in [4.69, 9.17) is 10.5 Å². The van der Waals surface area contributed by atoms with Crippen LogP contribution in [-0.4, -0.2) is 30.6 Å². The van der Waals surface area contributed by atoms with Crippen LogP contribution < -0.4 is 10.6 Å². The van der Waals surface area contributed by atoms with E-state index in [-0.39, 0.29) is 5.97 Å². The third kappa shape index (κ3) is 3.06. The van der Waals surface area contributed by atoms with Gasteiger partial charge in [0.15, 0.2) is 0 Å². The highest BCUT2D eigenvalue weighted by Crippen LogP contribution is 2.29. The number of nitrogens with two attached hydrogens (primary N) is 1. The Morgan fingerprint density at radius 3 is 2.78 bits per heavy atom. The average Bonchev–Trinajstić information content (AvgIpc) is 2.93. The molecular weight excluding hydrogens is 290 g/mol. The van der Waals surface area contributed by atoms with Crippen molar-refractivity contribution in [3.8, 4) is 0 Å². The molecule has 0 radical (unpaired) electrons. The monoisotopic (exact) mass is 315 g/mol. The number of hydrogen-bond donors (Lipinski definition) is 2. The molecule has 1 aliphatic rings. The number of hydrogen-bond acceptors (Lipinski definition) is 4. The Labute approximate surface area is 136 Å². The maximum Gasteiger partial charge on any atom is 0.355 e. The van der Waals surface area contributed by atoms with Crippen molar-refractivity contribution in [1.29, 1.82) is 0 Å². The number of rotatable bonds is 4. The zero-order valence-electron chi connectivity index (χ0n) is 13.9. The van der Waals surface area contributed by atoms with E-state index in [2.05, 4.69) is 28.9 Å². The molecule has 23 heavy (non-hydrogen) atoms. The number of ether oxygens (including phenoxy) is 1. The number of carbonyl (C=O) groups is 1. The summed E-state index contributed by atoms with van der Waals surface area (Å²) in [5, 5.41) is 1.02. The van der Waals surface area contributed by atoms with E-state index in [1.54, 1.807) is 6.92 Å². The van der Waals surface area contributed by atoms with E-state index in [0.717, 1.165) is 35.5 Å². The maximum atomic E-state index is 12.1. The average molecular weight is 315 g/mol. The second kappa shape index (κ2) is 6.62. The van der Waals surface area contributed by atoms with Gasteiger partial charge in [0.2, 0.25) is 0 Å². The lowest BCUT2D eigenvalue weighted by Gasteiger charge is -2.32. The standard InChI is InChI=1S/C18H25N3O2/c1-3-23-18(22)17-15(11-19)14-10-13(4-5-16(14)20-17)21-8-6-12(2)7-9-21/h4-5,10,12,20H,3,6-9,11,19H2,1-2H3. The fourth-order valence-corrected chi connectivity index (χ4v) is 3.29. The summed E-state index contributed by atoms with van der Waals surface area (Å²) in [7, 11) is 0. The Morgan fingerprint density at radius 1 is 1.39 bits per heavy atom. The number of nitrogens with one attached hydrogen (secondary N) is 1. The molecule has 2 aromatic rings. The first-order chi connectivity index (χ1) is 11.1. The molecule has 5 nitrogen and oxygen atoms in total. The van der Waals surface area contributed by atoms with Crippen LogP contribution in [0.3, 0.4) is 0 Å². The number of H-pyrrole nitrogens is 1. The third-order valence-corrected chi connectivity index (χ3v) is 4.72. The van der Waals surface area contributed by atoms with Crippen molar-refractivity contribution in [3.63, 3.8) is 0 Å². The summed E-state index contributed by atoms with van der Waals surface area (Å²) < 4.78 is 5.12. The molecule has 0 atom stereocenters. The Balaban J connectivity index is 1.97. The van der Waals surface area contributed by atoms with Crippen molar-refractivity contribution in [3.05, 3.63) is 29.5 Å². The molecule has 1 saturated heterocycles. The van der Waals surface area contributed by atoms with Gasteiger partial charge in [-0.1, -0.05) is 6.92 Å². The summed E-state index contributed by atoms with van der Waals surface area (Å²) in [6, 6.07) is 6.29. The zero-order chi connectivity index (χ0) is 16.4. The van der Waals surface area contributed by atoms with Crippen LogP contribution in [0.4, 0.5) is 5.69 Å². The second-order valence-corrected chi connectivity index (χ2v) is 6.30. The van der Waals surface area contributed by atoms with Gasteiger partial charge in [-0.3, -0.25) is 0 Å². The zero-order valence-corrected chi connectivity index (χ0v) is 13.9.